The van der Waals surface area contributed by atoms with Crippen molar-refractivity contribution in [1.82, 2.24) is 24.6 Å². The second-order valence-electron chi connectivity index (χ2n) is 6.85. The summed E-state index contributed by atoms with van der Waals surface area (Å²) >= 11 is 0. The van der Waals surface area contributed by atoms with Crippen molar-refractivity contribution in [2.24, 2.45) is 7.05 Å². The molecule has 27 heavy (non-hydrogen) atoms. The Morgan fingerprint density at radius 2 is 2.15 bits per heavy atom. The van der Waals surface area contributed by atoms with E-state index in [0.717, 1.165) is 47.0 Å². The highest BCUT2D eigenvalue weighted by molar-refractivity contribution is 5.52. The molecule has 8 heteroatoms. The molecule has 0 unspecified atom stereocenters. The number of imidazole rings is 1. The molecule has 1 atom stereocenters. The molecule has 140 valence electrons. The quantitative estimate of drug-likeness (QED) is 0.760. The number of aromatic nitrogens is 4. The molecule has 1 aromatic carbocycles. The average Bonchev–Trinajstić information content (AvgIpc) is 3.40. The highest BCUT2D eigenvalue weighted by atomic mass is 16.7. The van der Waals surface area contributed by atoms with E-state index in [0.29, 0.717) is 6.54 Å². The third kappa shape index (κ3) is 2.73. The van der Waals surface area contributed by atoms with Crippen molar-refractivity contribution in [2.45, 2.75) is 19.0 Å². The molecule has 8 nitrogen and oxygen atoms in total. The fraction of sp³-hybridized carbons (Fsp3) is 0.368. The summed E-state index contributed by atoms with van der Waals surface area (Å²) in [7, 11) is 3.62. The molecule has 4 heterocycles. The third-order valence-corrected chi connectivity index (χ3v) is 5.21. The Balaban J connectivity index is 1.52. The van der Waals surface area contributed by atoms with Gasteiger partial charge in [0.05, 0.1) is 31.4 Å². The van der Waals surface area contributed by atoms with Gasteiger partial charge in [-0.1, -0.05) is 0 Å². The van der Waals surface area contributed by atoms with Crippen molar-refractivity contribution in [3.63, 3.8) is 0 Å². The van der Waals surface area contributed by atoms with Gasteiger partial charge in [-0.05, 0) is 6.07 Å². The van der Waals surface area contributed by atoms with Crippen molar-refractivity contribution in [1.29, 1.82) is 0 Å². The van der Waals surface area contributed by atoms with Gasteiger partial charge in [-0.3, -0.25) is 9.58 Å². The maximum Gasteiger partial charge on any atom is 0.231 e. The Bertz CT molecular complexity index is 980. The Morgan fingerprint density at radius 3 is 2.93 bits per heavy atom. The van der Waals surface area contributed by atoms with E-state index < -0.39 is 0 Å². The molecule has 0 aliphatic carbocycles. The highest BCUT2D eigenvalue weighted by Crippen LogP contribution is 2.40. The zero-order valence-corrected chi connectivity index (χ0v) is 15.3. The highest BCUT2D eigenvalue weighted by Gasteiger charge is 2.32. The molecule has 0 amide bonds. The molecule has 0 bridgehead atoms. The van der Waals surface area contributed by atoms with Crippen molar-refractivity contribution in [2.75, 3.05) is 20.4 Å². The van der Waals surface area contributed by atoms with E-state index in [2.05, 4.69) is 26.2 Å². The fourth-order valence-electron chi connectivity index (χ4n) is 3.94. The number of hydrogen-bond donors (Lipinski definition) is 1. The van der Waals surface area contributed by atoms with Gasteiger partial charge in [0.15, 0.2) is 11.5 Å². The van der Waals surface area contributed by atoms with Crippen LogP contribution >= 0.6 is 0 Å². The van der Waals surface area contributed by atoms with Crippen molar-refractivity contribution >= 4 is 0 Å². The lowest BCUT2D eigenvalue weighted by Crippen LogP contribution is -2.35. The molecule has 3 aromatic rings. The molecule has 2 aliphatic rings. The van der Waals surface area contributed by atoms with Crippen LogP contribution in [0.4, 0.5) is 0 Å². The van der Waals surface area contributed by atoms with Gasteiger partial charge in [-0.25, -0.2) is 4.98 Å². The Labute approximate surface area is 156 Å². The first-order valence-electron chi connectivity index (χ1n) is 8.94. The molecule has 5 rings (SSSR count). The normalized spacial score (nSPS) is 18.5. The summed E-state index contributed by atoms with van der Waals surface area (Å²) in [4.78, 5) is 10.3. The van der Waals surface area contributed by atoms with E-state index in [1.807, 2.05) is 30.1 Å². The maximum atomic E-state index is 5.61. The van der Waals surface area contributed by atoms with Gasteiger partial charge in [-0.15, -0.1) is 0 Å². The minimum atomic E-state index is 0.0452. The molecular weight excluding hydrogens is 346 g/mol. The Kier molecular flexibility index (Phi) is 3.78. The molecule has 0 saturated heterocycles. The first kappa shape index (κ1) is 16.2. The molecule has 1 N–H and O–H groups in total. The standard InChI is InChI=1S/C19H21N5O3/c1-23-8-13(7-22-23)19-18-14(20-10-21-18)3-4-24(19)9-12-5-16-17(27-11-26-16)6-15(12)25-2/h5-8,10,19H,3-4,9,11H2,1-2H3,(H,20,21)/t19-/m1/s1. The minimum Gasteiger partial charge on any atom is -0.496 e. The van der Waals surface area contributed by atoms with Gasteiger partial charge in [0.25, 0.3) is 0 Å². The van der Waals surface area contributed by atoms with Gasteiger partial charge in [0.2, 0.25) is 6.79 Å². The SMILES string of the molecule is COc1cc2c(cc1CN1CCc3[nH]cnc3[C@H]1c1cnn(C)c1)OCO2. The molecular formula is C19H21N5O3. The molecule has 2 aliphatic heterocycles. The first-order valence-corrected chi connectivity index (χ1v) is 8.94. The van der Waals surface area contributed by atoms with Crippen LogP contribution in [-0.4, -0.2) is 45.1 Å². The van der Waals surface area contributed by atoms with E-state index >= 15 is 0 Å². The average molecular weight is 367 g/mol. The molecule has 0 spiro atoms. The molecule has 0 radical (unpaired) electrons. The number of benzene rings is 1. The summed E-state index contributed by atoms with van der Waals surface area (Å²) in [5.74, 6) is 2.30. The lowest BCUT2D eigenvalue weighted by Gasteiger charge is -2.34. The summed E-state index contributed by atoms with van der Waals surface area (Å²) in [6, 6.07) is 3.96. The van der Waals surface area contributed by atoms with Crippen LogP contribution in [0.3, 0.4) is 0 Å². The van der Waals surface area contributed by atoms with Crippen LogP contribution in [0, 0.1) is 0 Å². The zero-order chi connectivity index (χ0) is 18.4. The van der Waals surface area contributed by atoms with E-state index in [1.165, 1.54) is 5.69 Å². The van der Waals surface area contributed by atoms with Crippen LogP contribution in [0.15, 0.2) is 30.9 Å². The Hall–Kier alpha value is -3.00. The molecule has 0 saturated carbocycles. The lowest BCUT2D eigenvalue weighted by molar-refractivity contribution is 0.173. The van der Waals surface area contributed by atoms with Gasteiger partial charge in [0, 0.05) is 55.6 Å². The number of hydrogen-bond acceptors (Lipinski definition) is 6. The summed E-state index contributed by atoms with van der Waals surface area (Å²) in [5, 5.41) is 4.36. The van der Waals surface area contributed by atoms with E-state index in [1.54, 1.807) is 13.4 Å². The monoisotopic (exact) mass is 367 g/mol. The predicted octanol–water partition coefficient (Wildman–Crippen LogP) is 2.03. The van der Waals surface area contributed by atoms with Crippen LogP contribution in [0.2, 0.25) is 0 Å². The van der Waals surface area contributed by atoms with Gasteiger partial charge in [-0.2, -0.15) is 5.10 Å². The summed E-state index contributed by atoms with van der Waals surface area (Å²) in [6.07, 6.45) is 6.67. The number of rotatable bonds is 4. The summed E-state index contributed by atoms with van der Waals surface area (Å²) in [6.45, 7) is 1.87. The van der Waals surface area contributed by atoms with Gasteiger partial charge >= 0.3 is 0 Å². The van der Waals surface area contributed by atoms with Crippen LogP contribution in [0.25, 0.3) is 0 Å². The topological polar surface area (TPSA) is 77.4 Å². The lowest BCUT2D eigenvalue weighted by atomic mass is 9.97. The van der Waals surface area contributed by atoms with Crippen LogP contribution in [0.1, 0.15) is 28.6 Å². The number of aromatic amines is 1. The minimum absolute atomic E-state index is 0.0452. The Morgan fingerprint density at radius 1 is 1.30 bits per heavy atom. The molecule has 0 fully saturated rings. The van der Waals surface area contributed by atoms with Crippen LogP contribution in [-0.2, 0) is 20.0 Å². The van der Waals surface area contributed by atoms with Crippen LogP contribution < -0.4 is 14.2 Å². The number of nitrogens with zero attached hydrogens (tertiary/aromatic N) is 4. The summed E-state index contributed by atoms with van der Waals surface area (Å²) < 4.78 is 18.5. The first-order chi connectivity index (χ1) is 13.2. The number of nitrogens with one attached hydrogen (secondary N) is 1. The van der Waals surface area contributed by atoms with Crippen molar-refractivity contribution in [3.05, 3.63) is 53.4 Å². The summed E-state index contributed by atoms with van der Waals surface area (Å²) in [5.41, 5.74) is 4.45. The zero-order valence-electron chi connectivity index (χ0n) is 15.3. The van der Waals surface area contributed by atoms with Gasteiger partial charge in [0.1, 0.15) is 5.75 Å². The number of methoxy groups -OCH3 is 1. The molecule has 2 aromatic heterocycles. The number of H-pyrrole nitrogens is 1. The van der Waals surface area contributed by atoms with Gasteiger partial charge < -0.3 is 19.2 Å². The fourth-order valence-corrected chi connectivity index (χ4v) is 3.94. The van der Waals surface area contributed by atoms with E-state index in [9.17, 15) is 0 Å². The van der Waals surface area contributed by atoms with Crippen LogP contribution in [0.5, 0.6) is 17.2 Å². The largest absolute Gasteiger partial charge is 0.496 e. The second kappa shape index (κ2) is 6.31. The van der Waals surface area contributed by atoms with Crippen molar-refractivity contribution in [3.8, 4) is 17.2 Å². The maximum absolute atomic E-state index is 5.61. The van der Waals surface area contributed by atoms with Crippen molar-refractivity contribution < 1.29 is 14.2 Å². The van der Waals surface area contributed by atoms with E-state index in [4.69, 9.17) is 14.2 Å². The second-order valence-corrected chi connectivity index (χ2v) is 6.85. The number of fused-ring (bicyclic) bond motifs is 2. The number of ether oxygens (including phenoxy) is 3. The predicted molar refractivity (Wildman–Crippen MR) is 96.9 cm³/mol. The third-order valence-electron chi connectivity index (χ3n) is 5.21. The number of aryl methyl sites for hydroxylation is 1. The van der Waals surface area contributed by atoms with E-state index in [-0.39, 0.29) is 12.8 Å². The smallest absolute Gasteiger partial charge is 0.231 e.